The molecule has 0 radical (unpaired) electrons. The highest BCUT2D eigenvalue weighted by molar-refractivity contribution is 8.00. The Morgan fingerprint density at radius 3 is 2.63 bits per heavy atom. The predicted molar refractivity (Wildman–Crippen MR) is 123 cm³/mol. The van der Waals surface area contributed by atoms with E-state index in [1.807, 2.05) is 17.8 Å². The Labute approximate surface area is 182 Å². The SMILES string of the molecule is CN(c1ccccc1C(=O)N1CCc2cc(SC3CCNCC3)ccc21)S(C)(=O)=O. The number of nitrogens with zero attached hydrogens (tertiary/aromatic N) is 2. The maximum absolute atomic E-state index is 13.4. The molecule has 2 aliphatic heterocycles. The van der Waals surface area contributed by atoms with Gasteiger partial charge < -0.3 is 10.2 Å². The number of hydrogen-bond acceptors (Lipinski definition) is 5. The van der Waals surface area contributed by atoms with E-state index in [1.165, 1.54) is 30.3 Å². The molecule has 0 atom stereocenters. The summed E-state index contributed by atoms with van der Waals surface area (Å²) in [5.74, 6) is -0.168. The molecule has 4 rings (SSSR count). The number of amides is 1. The van der Waals surface area contributed by atoms with E-state index in [9.17, 15) is 13.2 Å². The molecule has 0 spiro atoms. The maximum atomic E-state index is 13.4. The van der Waals surface area contributed by atoms with Crippen LogP contribution < -0.4 is 14.5 Å². The smallest absolute Gasteiger partial charge is 0.260 e. The van der Waals surface area contributed by atoms with Crippen LogP contribution in [-0.2, 0) is 16.4 Å². The van der Waals surface area contributed by atoms with Gasteiger partial charge in [0.25, 0.3) is 5.91 Å². The van der Waals surface area contributed by atoms with Crippen molar-refractivity contribution in [2.45, 2.75) is 29.4 Å². The van der Waals surface area contributed by atoms with Gasteiger partial charge in [-0.05, 0) is 68.2 Å². The molecule has 2 aromatic rings. The molecule has 8 heteroatoms. The first kappa shape index (κ1) is 21.2. The highest BCUT2D eigenvalue weighted by atomic mass is 32.2. The van der Waals surface area contributed by atoms with Crippen LogP contribution in [0.1, 0.15) is 28.8 Å². The van der Waals surface area contributed by atoms with Crippen LogP contribution in [0.15, 0.2) is 47.4 Å². The van der Waals surface area contributed by atoms with Gasteiger partial charge in [-0.2, -0.15) is 0 Å². The van der Waals surface area contributed by atoms with Crippen molar-refractivity contribution < 1.29 is 13.2 Å². The minimum absolute atomic E-state index is 0.168. The first-order valence-electron chi connectivity index (χ1n) is 10.2. The second-order valence-electron chi connectivity index (χ2n) is 7.81. The number of hydrogen-bond donors (Lipinski definition) is 1. The van der Waals surface area contributed by atoms with Crippen molar-refractivity contribution in [3.8, 4) is 0 Å². The van der Waals surface area contributed by atoms with Crippen LogP contribution in [0.2, 0.25) is 0 Å². The van der Waals surface area contributed by atoms with Gasteiger partial charge in [0, 0.05) is 29.4 Å². The molecule has 0 aromatic heterocycles. The van der Waals surface area contributed by atoms with Gasteiger partial charge in [0.1, 0.15) is 0 Å². The van der Waals surface area contributed by atoms with Gasteiger partial charge in [0.05, 0.1) is 17.5 Å². The van der Waals surface area contributed by atoms with Gasteiger partial charge >= 0.3 is 0 Å². The summed E-state index contributed by atoms with van der Waals surface area (Å²) in [5.41, 5.74) is 2.89. The Morgan fingerprint density at radius 1 is 1.17 bits per heavy atom. The fourth-order valence-electron chi connectivity index (χ4n) is 4.02. The standard InChI is InChI=1S/C22H27N3O3S2/c1-24(30(2,27)28)21-6-4-3-5-19(21)22(26)25-14-11-16-15-18(7-8-20(16)25)29-17-9-12-23-13-10-17/h3-8,15,17,23H,9-14H2,1-2H3. The zero-order valence-electron chi connectivity index (χ0n) is 17.3. The third-order valence-corrected chi connectivity index (χ3v) is 8.27. The van der Waals surface area contributed by atoms with Crippen LogP contribution in [0.3, 0.4) is 0 Å². The van der Waals surface area contributed by atoms with E-state index < -0.39 is 10.0 Å². The molecular formula is C22H27N3O3S2. The summed E-state index contributed by atoms with van der Waals surface area (Å²) in [6, 6.07) is 13.2. The highest BCUT2D eigenvalue weighted by Gasteiger charge is 2.29. The van der Waals surface area contributed by atoms with Crippen LogP contribution >= 0.6 is 11.8 Å². The van der Waals surface area contributed by atoms with Crippen molar-refractivity contribution in [1.82, 2.24) is 5.32 Å². The van der Waals surface area contributed by atoms with Crippen molar-refractivity contribution >= 4 is 39.1 Å². The van der Waals surface area contributed by atoms with E-state index in [0.717, 1.165) is 35.8 Å². The van der Waals surface area contributed by atoms with Crippen molar-refractivity contribution in [2.24, 2.45) is 0 Å². The zero-order valence-corrected chi connectivity index (χ0v) is 18.9. The van der Waals surface area contributed by atoms with Crippen molar-refractivity contribution in [1.29, 1.82) is 0 Å². The minimum Gasteiger partial charge on any atom is -0.317 e. The Morgan fingerprint density at radius 2 is 1.90 bits per heavy atom. The lowest BCUT2D eigenvalue weighted by Gasteiger charge is -2.24. The van der Waals surface area contributed by atoms with Crippen molar-refractivity contribution in [2.75, 3.05) is 42.1 Å². The molecule has 1 fully saturated rings. The number of para-hydroxylation sites is 1. The second kappa shape index (κ2) is 8.61. The second-order valence-corrected chi connectivity index (χ2v) is 11.2. The molecule has 6 nitrogen and oxygen atoms in total. The number of anilines is 2. The number of thioether (sulfide) groups is 1. The van der Waals surface area contributed by atoms with Crippen molar-refractivity contribution in [3.63, 3.8) is 0 Å². The zero-order chi connectivity index (χ0) is 21.3. The highest BCUT2D eigenvalue weighted by Crippen LogP contribution is 2.36. The molecule has 0 saturated carbocycles. The summed E-state index contributed by atoms with van der Waals surface area (Å²) in [7, 11) is -1.98. The number of rotatable bonds is 5. The fourth-order valence-corrected chi connectivity index (χ4v) is 5.75. The number of carbonyl (C=O) groups excluding carboxylic acids is 1. The quantitative estimate of drug-likeness (QED) is 0.766. The summed E-state index contributed by atoms with van der Waals surface area (Å²) in [6.07, 6.45) is 4.31. The van der Waals surface area contributed by atoms with Gasteiger partial charge in [-0.25, -0.2) is 8.42 Å². The largest absolute Gasteiger partial charge is 0.317 e. The van der Waals surface area contributed by atoms with E-state index in [2.05, 4.69) is 17.4 Å². The molecule has 2 aromatic carbocycles. The third-order valence-electron chi connectivity index (χ3n) is 5.75. The molecule has 0 bridgehead atoms. The Hall–Kier alpha value is -2.03. The first-order valence-corrected chi connectivity index (χ1v) is 12.9. The molecule has 0 aliphatic carbocycles. The van der Waals surface area contributed by atoms with E-state index in [4.69, 9.17) is 0 Å². The fraction of sp³-hybridized carbons (Fsp3) is 0.409. The van der Waals surface area contributed by atoms with Crippen LogP contribution in [0.4, 0.5) is 11.4 Å². The van der Waals surface area contributed by atoms with E-state index >= 15 is 0 Å². The molecule has 1 amide bonds. The first-order chi connectivity index (χ1) is 14.3. The lowest BCUT2D eigenvalue weighted by atomic mass is 10.1. The molecule has 30 heavy (non-hydrogen) atoms. The molecule has 1 saturated heterocycles. The average Bonchev–Trinajstić information content (AvgIpc) is 3.16. The molecule has 2 heterocycles. The lowest BCUT2D eigenvalue weighted by molar-refractivity contribution is 0.0990. The topological polar surface area (TPSA) is 69.7 Å². The molecule has 0 unspecified atom stereocenters. The van der Waals surface area contributed by atoms with E-state index in [1.54, 1.807) is 29.2 Å². The van der Waals surface area contributed by atoms with Crippen LogP contribution in [-0.4, -0.2) is 52.5 Å². The summed E-state index contributed by atoms with van der Waals surface area (Å²) in [6.45, 7) is 2.75. The Kier molecular flexibility index (Phi) is 6.09. The average molecular weight is 446 g/mol. The van der Waals surface area contributed by atoms with Gasteiger partial charge in [0.15, 0.2) is 0 Å². The predicted octanol–water partition coefficient (Wildman–Crippen LogP) is 3.13. The minimum atomic E-state index is -3.46. The summed E-state index contributed by atoms with van der Waals surface area (Å²) >= 11 is 1.93. The number of fused-ring (bicyclic) bond motifs is 1. The number of nitrogens with one attached hydrogen (secondary N) is 1. The maximum Gasteiger partial charge on any atom is 0.260 e. The monoisotopic (exact) mass is 445 g/mol. The summed E-state index contributed by atoms with van der Waals surface area (Å²) in [5, 5.41) is 4.04. The molecule has 160 valence electrons. The van der Waals surface area contributed by atoms with Crippen molar-refractivity contribution in [3.05, 3.63) is 53.6 Å². The summed E-state index contributed by atoms with van der Waals surface area (Å²) in [4.78, 5) is 16.4. The number of benzene rings is 2. The van der Waals surface area contributed by atoms with E-state index in [0.29, 0.717) is 23.0 Å². The van der Waals surface area contributed by atoms with Crippen LogP contribution in [0, 0.1) is 0 Å². The van der Waals surface area contributed by atoms with Gasteiger partial charge in [0.2, 0.25) is 10.0 Å². The van der Waals surface area contributed by atoms with Gasteiger partial charge in [-0.3, -0.25) is 9.10 Å². The Balaban J connectivity index is 1.57. The molecule has 2 aliphatic rings. The normalized spacial score (nSPS) is 17.1. The van der Waals surface area contributed by atoms with E-state index in [-0.39, 0.29) is 5.91 Å². The van der Waals surface area contributed by atoms with Gasteiger partial charge in [-0.1, -0.05) is 12.1 Å². The summed E-state index contributed by atoms with van der Waals surface area (Å²) < 4.78 is 25.2. The Bertz CT molecular complexity index is 1050. The third kappa shape index (κ3) is 4.36. The molecular weight excluding hydrogens is 418 g/mol. The number of sulfonamides is 1. The van der Waals surface area contributed by atoms with Crippen LogP contribution in [0.5, 0.6) is 0 Å². The number of carbonyl (C=O) groups is 1. The molecule has 1 N–H and O–H groups in total. The lowest BCUT2D eigenvalue weighted by Crippen LogP contribution is -2.32. The number of piperidine rings is 1. The van der Waals surface area contributed by atoms with Gasteiger partial charge in [-0.15, -0.1) is 11.8 Å². The van der Waals surface area contributed by atoms with Crippen LogP contribution in [0.25, 0.3) is 0 Å².